The van der Waals surface area contributed by atoms with Gasteiger partial charge < -0.3 is 10.6 Å². The normalized spacial score (nSPS) is 11.7. The molecule has 0 fully saturated rings. The fraction of sp³-hybridized carbons (Fsp3) is 0.357. The van der Waals surface area contributed by atoms with Crippen molar-refractivity contribution in [2.24, 2.45) is 4.99 Å². The highest BCUT2D eigenvalue weighted by atomic mass is 15.2. The van der Waals surface area contributed by atoms with Gasteiger partial charge in [-0.15, -0.1) is 0 Å². The number of pyridine rings is 1. The molecule has 0 unspecified atom stereocenters. The van der Waals surface area contributed by atoms with Crippen LogP contribution in [-0.2, 0) is 6.54 Å². The largest absolute Gasteiger partial charge is 0.354 e. The summed E-state index contributed by atoms with van der Waals surface area (Å²) in [6, 6.07) is 4.35. The van der Waals surface area contributed by atoms with E-state index in [4.69, 9.17) is 0 Å². The van der Waals surface area contributed by atoms with E-state index < -0.39 is 0 Å². The fourth-order valence-electron chi connectivity index (χ4n) is 1.76. The van der Waals surface area contributed by atoms with Gasteiger partial charge in [0, 0.05) is 38.2 Å². The molecule has 0 aromatic carbocycles. The molecule has 2 heterocycles. The zero-order valence-electron chi connectivity index (χ0n) is 12.0. The second-order valence-corrected chi connectivity index (χ2v) is 4.72. The van der Waals surface area contributed by atoms with E-state index in [2.05, 4.69) is 39.4 Å². The van der Waals surface area contributed by atoms with Gasteiger partial charge in [0.25, 0.3) is 0 Å². The molecule has 2 N–H and O–H groups in total. The number of hydrogen-bond donors (Lipinski definition) is 2. The molecule has 0 aliphatic rings. The first-order valence-corrected chi connectivity index (χ1v) is 6.59. The summed E-state index contributed by atoms with van der Waals surface area (Å²) in [5.41, 5.74) is 1.13. The molecule has 2 aromatic heterocycles. The van der Waals surface area contributed by atoms with Crippen LogP contribution in [0.5, 0.6) is 0 Å². The quantitative estimate of drug-likeness (QED) is 0.651. The number of guanidine groups is 1. The lowest BCUT2D eigenvalue weighted by Gasteiger charge is -2.14. The predicted octanol–water partition coefficient (Wildman–Crippen LogP) is 1.34. The maximum atomic E-state index is 4.33. The van der Waals surface area contributed by atoms with E-state index in [1.807, 2.05) is 22.9 Å². The van der Waals surface area contributed by atoms with Crippen molar-refractivity contribution in [1.82, 2.24) is 25.2 Å². The van der Waals surface area contributed by atoms with Gasteiger partial charge in [0.15, 0.2) is 5.96 Å². The highest BCUT2D eigenvalue weighted by molar-refractivity contribution is 5.79. The van der Waals surface area contributed by atoms with Gasteiger partial charge >= 0.3 is 0 Å². The lowest BCUT2D eigenvalue weighted by atomic mass is 10.2. The first kappa shape index (κ1) is 14.0. The maximum Gasteiger partial charge on any atom is 0.191 e. The molecule has 0 atom stereocenters. The van der Waals surface area contributed by atoms with Gasteiger partial charge in [-0.3, -0.25) is 9.56 Å². The average molecular weight is 272 g/mol. The molecule has 0 amide bonds. The summed E-state index contributed by atoms with van der Waals surface area (Å²) in [5.74, 6) is 1.65. The molecule has 106 valence electrons. The van der Waals surface area contributed by atoms with Gasteiger partial charge in [-0.05, 0) is 31.5 Å². The van der Waals surface area contributed by atoms with E-state index in [0.717, 1.165) is 17.3 Å². The monoisotopic (exact) mass is 272 g/mol. The van der Waals surface area contributed by atoms with Gasteiger partial charge in [0.2, 0.25) is 0 Å². The number of aromatic nitrogens is 3. The average Bonchev–Trinajstić information content (AvgIpc) is 2.97. The molecule has 0 aliphatic heterocycles. The molecule has 6 heteroatoms. The van der Waals surface area contributed by atoms with Gasteiger partial charge in [-0.25, -0.2) is 9.97 Å². The number of nitrogens with zero attached hydrogens (tertiary/aromatic N) is 4. The molecule has 0 bridgehead atoms. The number of hydrogen-bond acceptors (Lipinski definition) is 3. The number of nitrogens with one attached hydrogen (secondary N) is 2. The summed E-state index contributed by atoms with van der Waals surface area (Å²) >= 11 is 0. The maximum absolute atomic E-state index is 4.33. The first-order chi connectivity index (χ1) is 9.69. The fourth-order valence-corrected chi connectivity index (χ4v) is 1.76. The van der Waals surface area contributed by atoms with Crippen molar-refractivity contribution >= 4 is 5.96 Å². The highest BCUT2D eigenvalue weighted by Crippen LogP contribution is 2.06. The topological polar surface area (TPSA) is 67.1 Å². The van der Waals surface area contributed by atoms with Gasteiger partial charge in [0.1, 0.15) is 12.1 Å². The summed E-state index contributed by atoms with van der Waals surface area (Å²) in [6.07, 6.45) is 7.14. The Balaban J connectivity index is 2.02. The van der Waals surface area contributed by atoms with E-state index in [1.165, 1.54) is 0 Å². The van der Waals surface area contributed by atoms with Crippen LogP contribution in [0.3, 0.4) is 0 Å². The minimum absolute atomic E-state index is 0.347. The molecule has 0 saturated heterocycles. The third kappa shape index (κ3) is 3.81. The smallest absolute Gasteiger partial charge is 0.191 e. The third-order valence-corrected chi connectivity index (χ3v) is 2.69. The van der Waals surface area contributed by atoms with E-state index >= 15 is 0 Å². The van der Waals surface area contributed by atoms with Crippen LogP contribution in [0.2, 0.25) is 0 Å². The molecule has 0 spiro atoms. The minimum Gasteiger partial charge on any atom is -0.354 e. The van der Waals surface area contributed by atoms with Crippen molar-refractivity contribution in [1.29, 1.82) is 0 Å². The SMILES string of the molecule is CN=C(NCc1ccnc(-n2ccnc2)c1)NC(C)C. The predicted molar refractivity (Wildman–Crippen MR) is 79.8 cm³/mol. The Kier molecular flexibility index (Phi) is 4.70. The Morgan fingerprint density at radius 2 is 2.25 bits per heavy atom. The summed E-state index contributed by atoms with van der Waals surface area (Å²) in [5, 5.41) is 6.53. The van der Waals surface area contributed by atoms with Crippen molar-refractivity contribution in [2.75, 3.05) is 7.05 Å². The van der Waals surface area contributed by atoms with Gasteiger partial charge in [-0.2, -0.15) is 0 Å². The Labute approximate surface area is 119 Å². The zero-order chi connectivity index (χ0) is 14.4. The molecular weight excluding hydrogens is 252 g/mol. The van der Waals surface area contributed by atoms with Crippen LogP contribution in [0.25, 0.3) is 5.82 Å². The molecule has 20 heavy (non-hydrogen) atoms. The Bertz CT molecular complexity index is 559. The summed E-state index contributed by atoms with van der Waals surface area (Å²) < 4.78 is 1.88. The first-order valence-electron chi connectivity index (χ1n) is 6.59. The molecule has 6 nitrogen and oxygen atoms in total. The number of rotatable bonds is 4. The molecular formula is C14H20N6. The molecule has 2 rings (SSSR count). The number of aliphatic imine (C=N–C) groups is 1. The number of imidazole rings is 1. The lowest BCUT2D eigenvalue weighted by Crippen LogP contribution is -2.40. The van der Waals surface area contributed by atoms with Crippen molar-refractivity contribution in [3.8, 4) is 5.82 Å². The van der Waals surface area contributed by atoms with Crippen molar-refractivity contribution < 1.29 is 0 Å². The third-order valence-electron chi connectivity index (χ3n) is 2.69. The van der Waals surface area contributed by atoms with Crippen LogP contribution in [0.15, 0.2) is 42.0 Å². The van der Waals surface area contributed by atoms with Crippen LogP contribution in [0.1, 0.15) is 19.4 Å². The Hall–Kier alpha value is -2.37. The second-order valence-electron chi connectivity index (χ2n) is 4.72. The molecule has 0 radical (unpaired) electrons. The highest BCUT2D eigenvalue weighted by Gasteiger charge is 2.02. The Morgan fingerprint density at radius 3 is 2.90 bits per heavy atom. The van der Waals surface area contributed by atoms with E-state index in [9.17, 15) is 0 Å². The van der Waals surface area contributed by atoms with Crippen LogP contribution >= 0.6 is 0 Å². The standard InChI is InChI=1S/C14H20N6/c1-11(2)19-14(15-3)18-9-12-4-5-17-13(8-12)20-7-6-16-10-20/h4-8,10-11H,9H2,1-3H3,(H2,15,18,19). The van der Waals surface area contributed by atoms with Gasteiger partial charge in [0.05, 0.1) is 0 Å². The van der Waals surface area contributed by atoms with Crippen LogP contribution in [-0.4, -0.2) is 33.6 Å². The van der Waals surface area contributed by atoms with Gasteiger partial charge in [-0.1, -0.05) is 0 Å². The second kappa shape index (κ2) is 6.70. The van der Waals surface area contributed by atoms with E-state index in [1.54, 1.807) is 25.8 Å². The van der Waals surface area contributed by atoms with E-state index in [-0.39, 0.29) is 0 Å². The van der Waals surface area contributed by atoms with E-state index in [0.29, 0.717) is 12.6 Å². The van der Waals surface area contributed by atoms with Crippen LogP contribution in [0.4, 0.5) is 0 Å². The van der Waals surface area contributed by atoms with Crippen molar-refractivity contribution in [2.45, 2.75) is 26.4 Å². The zero-order valence-corrected chi connectivity index (χ0v) is 12.0. The summed E-state index contributed by atoms with van der Waals surface area (Å²) in [7, 11) is 1.77. The Morgan fingerprint density at radius 1 is 1.40 bits per heavy atom. The van der Waals surface area contributed by atoms with Crippen LogP contribution in [0, 0.1) is 0 Å². The lowest BCUT2D eigenvalue weighted by molar-refractivity contribution is 0.699. The van der Waals surface area contributed by atoms with Crippen molar-refractivity contribution in [3.05, 3.63) is 42.6 Å². The van der Waals surface area contributed by atoms with Crippen LogP contribution < -0.4 is 10.6 Å². The minimum atomic E-state index is 0.347. The summed E-state index contributed by atoms with van der Waals surface area (Å²) in [4.78, 5) is 12.5. The summed E-state index contributed by atoms with van der Waals surface area (Å²) in [6.45, 7) is 4.85. The molecule has 0 aliphatic carbocycles. The molecule has 0 saturated carbocycles. The molecule has 2 aromatic rings. The van der Waals surface area contributed by atoms with Crippen molar-refractivity contribution in [3.63, 3.8) is 0 Å².